The molecule has 1 heterocycles. The minimum absolute atomic E-state index is 0.233. The van der Waals surface area contributed by atoms with E-state index >= 15 is 0 Å². The van der Waals surface area contributed by atoms with Gasteiger partial charge in [0.15, 0.2) is 0 Å². The summed E-state index contributed by atoms with van der Waals surface area (Å²) in [5.41, 5.74) is 1.04. The molecule has 96 valence electrons. The lowest BCUT2D eigenvalue weighted by atomic mass is 10.2. The van der Waals surface area contributed by atoms with Crippen molar-refractivity contribution >= 4 is 31.8 Å². The molecule has 1 aromatic heterocycles. The molecule has 17 heavy (non-hydrogen) atoms. The average Bonchev–Trinajstić information content (AvgIpc) is 2.25. The number of rotatable bonds is 4. The molecule has 0 saturated carbocycles. The van der Waals surface area contributed by atoms with E-state index in [1.54, 1.807) is 13.1 Å². The molecule has 0 aliphatic rings. The van der Waals surface area contributed by atoms with Gasteiger partial charge in [0.2, 0.25) is 5.88 Å². The highest BCUT2D eigenvalue weighted by atomic mass is 79.9. The number of aromatic nitrogens is 1. The van der Waals surface area contributed by atoms with Crippen LogP contribution in [0.2, 0.25) is 0 Å². The average molecular weight is 324 g/mol. The molecule has 0 fully saturated rings. The second kappa shape index (κ2) is 5.19. The molecule has 0 aromatic carbocycles. The quantitative estimate of drug-likeness (QED) is 0.908. The van der Waals surface area contributed by atoms with Gasteiger partial charge in [-0.1, -0.05) is 0 Å². The van der Waals surface area contributed by atoms with Crippen LogP contribution in [0.5, 0.6) is 5.88 Å². The van der Waals surface area contributed by atoms with Crippen LogP contribution in [0.15, 0.2) is 10.7 Å². The molecule has 0 aliphatic heterocycles. The van der Waals surface area contributed by atoms with Crippen LogP contribution in [0.3, 0.4) is 0 Å². The largest absolute Gasteiger partial charge is 0.479 e. The first-order chi connectivity index (χ1) is 7.79. The molecule has 0 atom stereocenters. The number of hydrogen-bond acceptors (Lipinski definition) is 4. The monoisotopic (exact) mass is 323 g/mol. The van der Waals surface area contributed by atoms with Crippen molar-refractivity contribution in [2.75, 3.05) is 25.9 Å². The van der Waals surface area contributed by atoms with Gasteiger partial charge in [0, 0.05) is 24.8 Å². The molecule has 6 nitrogen and oxygen atoms in total. The highest BCUT2D eigenvalue weighted by molar-refractivity contribution is 9.10. The topological polar surface area (TPSA) is 71.5 Å². The lowest BCUT2D eigenvalue weighted by Crippen LogP contribution is -2.29. The van der Waals surface area contributed by atoms with Crippen LogP contribution >= 0.6 is 15.9 Å². The van der Waals surface area contributed by atoms with Gasteiger partial charge in [-0.25, -0.2) is 4.98 Å². The predicted molar refractivity (Wildman–Crippen MR) is 69.5 cm³/mol. The van der Waals surface area contributed by atoms with Crippen LogP contribution in [-0.2, 0) is 10.2 Å². The molecule has 0 amide bonds. The fraction of sp³-hybridized carbons (Fsp3) is 0.444. The zero-order valence-corrected chi connectivity index (χ0v) is 12.4. The molecular weight excluding hydrogens is 310 g/mol. The second-order valence-electron chi connectivity index (χ2n) is 3.50. The summed E-state index contributed by atoms with van der Waals surface area (Å²) in [5, 5.41) is 0. The molecule has 0 bridgehead atoms. The molecular formula is C9H14BrN3O3S. The van der Waals surface area contributed by atoms with Gasteiger partial charge < -0.3 is 4.74 Å². The Hall–Kier alpha value is -0.860. The minimum Gasteiger partial charge on any atom is -0.479 e. The van der Waals surface area contributed by atoms with E-state index in [0.29, 0.717) is 15.7 Å². The zero-order chi connectivity index (χ0) is 13.2. The van der Waals surface area contributed by atoms with Crippen LogP contribution in [0.25, 0.3) is 0 Å². The van der Waals surface area contributed by atoms with Gasteiger partial charge in [0.25, 0.3) is 0 Å². The van der Waals surface area contributed by atoms with Crippen molar-refractivity contribution in [1.29, 1.82) is 0 Å². The van der Waals surface area contributed by atoms with Gasteiger partial charge >= 0.3 is 10.2 Å². The number of ether oxygens (including phenoxy) is 1. The molecule has 1 rings (SSSR count). The Kier molecular flexibility index (Phi) is 4.34. The third-order valence-electron chi connectivity index (χ3n) is 2.15. The maximum Gasteiger partial charge on any atom is 0.301 e. The van der Waals surface area contributed by atoms with Crippen LogP contribution in [0.1, 0.15) is 5.56 Å². The van der Waals surface area contributed by atoms with Crippen molar-refractivity contribution in [3.05, 3.63) is 16.2 Å². The Labute approximate surface area is 109 Å². The summed E-state index contributed by atoms with van der Waals surface area (Å²) in [5.74, 6) is 0.233. The zero-order valence-electron chi connectivity index (χ0n) is 9.98. The fourth-order valence-electron chi connectivity index (χ4n) is 1.05. The van der Waals surface area contributed by atoms with E-state index < -0.39 is 10.2 Å². The number of nitrogens with zero attached hydrogens (tertiary/aromatic N) is 2. The molecule has 0 unspecified atom stereocenters. The Balaban J connectivity index is 3.27. The van der Waals surface area contributed by atoms with Crippen LogP contribution in [-0.4, -0.2) is 38.9 Å². The number of anilines is 1. The van der Waals surface area contributed by atoms with E-state index in [4.69, 9.17) is 4.74 Å². The molecule has 0 aliphatic carbocycles. The normalized spacial score (nSPS) is 11.6. The van der Waals surface area contributed by atoms with Gasteiger partial charge in [0.05, 0.1) is 7.11 Å². The van der Waals surface area contributed by atoms with Gasteiger partial charge in [-0.05, 0) is 28.4 Å². The first kappa shape index (κ1) is 14.2. The lowest BCUT2D eigenvalue weighted by molar-refractivity contribution is 0.399. The van der Waals surface area contributed by atoms with E-state index in [-0.39, 0.29) is 5.88 Å². The van der Waals surface area contributed by atoms with Crippen LogP contribution < -0.4 is 9.46 Å². The first-order valence-corrected chi connectivity index (χ1v) is 6.92. The maximum absolute atomic E-state index is 11.7. The summed E-state index contributed by atoms with van der Waals surface area (Å²) < 4.78 is 32.7. The van der Waals surface area contributed by atoms with Crippen LogP contribution in [0.4, 0.5) is 5.69 Å². The van der Waals surface area contributed by atoms with E-state index in [9.17, 15) is 8.42 Å². The summed E-state index contributed by atoms with van der Waals surface area (Å²) in [6.45, 7) is 1.77. The summed E-state index contributed by atoms with van der Waals surface area (Å²) in [4.78, 5) is 3.99. The Bertz CT molecular complexity index is 516. The number of halogens is 1. The van der Waals surface area contributed by atoms with Crippen molar-refractivity contribution in [2.45, 2.75) is 6.92 Å². The fourth-order valence-corrected chi connectivity index (χ4v) is 2.03. The van der Waals surface area contributed by atoms with Gasteiger partial charge in [0.1, 0.15) is 5.69 Å². The Morgan fingerprint density at radius 1 is 1.47 bits per heavy atom. The van der Waals surface area contributed by atoms with E-state index in [0.717, 1.165) is 4.31 Å². The number of hydrogen-bond donors (Lipinski definition) is 1. The molecule has 0 radical (unpaired) electrons. The van der Waals surface area contributed by atoms with Crippen molar-refractivity contribution in [2.24, 2.45) is 0 Å². The van der Waals surface area contributed by atoms with Crippen molar-refractivity contribution in [1.82, 2.24) is 9.29 Å². The first-order valence-electron chi connectivity index (χ1n) is 4.69. The van der Waals surface area contributed by atoms with E-state index in [2.05, 4.69) is 25.6 Å². The van der Waals surface area contributed by atoms with Gasteiger partial charge in [-0.15, -0.1) is 0 Å². The van der Waals surface area contributed by atoms with Crippen molar-refractivity contribution in [3.63, 3.8) is 0 Å². The van der Waals surface area contributed by atoms with E-state index in [1.807, 2.05) is 0 Å². The SMILES string of the molecule is COc1ncc(Br)c(C)c1NS(=O)(=O)N(C)C. The highest BCUT2D eigenvalue weighted by Crippen LogP contribution is 2.31. The summed E-state index contributed by atoms with van der Waals surface area (Å²) in [7, 11) is 0.733. The number of pyridine rings is 1. The molecule has 8 heteroatoms. The number of methoxy groups -OCH3 is 1. The Morgan fingerprint density at radius 3 is 2.53 bits per heavy atom. The predicted octanol–water partition coefficient (Wildman–Crippen LogP) is 1.38. The van der Waals surface area contributed by atoms with E-state index in [1.165, 1.54) is 21.2 Å². The smallest absolute Gasteiger partial charge is 0.301 e. The standard InChI is InChI=1S/C9H14BrN3O3S/c1-6-7(10)5-11-9(16-4)8(6)12-17(14,15)13(2)3/h5,12H,1-4H3. The lowest BCUT2D eigenvalue weighted by Gasteiger charge is -2.17. The summed E-state index contributed by atoms with van der Waals surface area (Å²) in [6.07, 6.45) is 1.56. The molecule has 1 aromatic rings. The van der Waals surface area contributed by atoms with Gasteiger partial charge in [-0.2, -0.15) is 12.7 Å². The highest BCUT2D eigenvalue weighted by Gasteiger charge is 2.19. The van der Waals surface area contributed by atoms with Crippen LogP contribution in [0, 0.1) is 6.92 Å². The molecule has 1 N–H and O–H groups in total. The maximum atomic E-state index is 11.7. The number of nitrogens with one attached hydrogen (secondary N) is 1. The minimum atomic E-state index is -3.58. The van der Waals surface area contributed by atoms with Crippen molar-refractivity contribution in [3.8, 4) is 5.88 Å². The molecule has 0 spiro atoms. The van der Waals surface area contributed by atoms with Gasteiger partial charge in [-0.3, -0.25) is 4.72 Å². The van der Waals surface area contributed by atoms with Crippen molar-refractivity contribution < 1.29 is 13.2 Å². The third kappa shape index (κ3) is 3.08. The molecule has 0 saturated heterocycles. The Morgan fingerprint density at radius 2 is 2.06 bits per heavy atom. The second-order valence-corrected chi connectivity index (χ2v) is 6.24. The summed E-state index contributed by atoms with van der Waals surface area (Å²) >= 11 is 3.29. The third-order valence-corrected chi connectivity index (χ3v) is 4.37. The summed E-state index contributed by atoms with van der Waals surface area (Å²) in [6, 6.07) is 0.